The number of carbonyl (C=O) groups excluding carboxylic acids is 2. The van der Waals surface area contributed by atoms with Gasteiger partial charge in [0.2, 0.25) is 0 Å². The third kappa shape index (κ3) is 7.95. The summed E-state index contributed by atoms with van der Waals surface area (Å²) < 4.78 is 11.0. The normalized spacial score (nSPS) is 11.3. The van der Waals surface area contributed by atoms with Crippen LogP contribution in [0.15, 0.2) is 103 Å². The molecule has 2 N–H and O–H groups in total. The van der Waals surface area contributed by atoms with Gasteiger partial charge in [-0.2, -0.15) is 0 Å². The minimum atomic E-state index is -0.667. The molecule has 0 aliphatic rings. The van der Waals surface area contributed by atoms with Crippen molar-refractivity contribution in [2.24, 2.45) is 0 Å². The van der Waals surface area contributed by atoms with Crippen molar-refractivity contribution in [2.45, 2.75) is 25.8 Å². The van der Waals surface area contributed by atoms with Gasteiger partial charge < -0.3 is 20.1 Å². The Hall–Kier alpha value is -4.58. The quantitative estimate of drug-likeness (QED) is 0.122. The summed E-state index contributed by atoms with van der Waals surface area (Å²) in [6, 6.07) is 31.6. The fourth-order valence-electron chi connectivity index (χ4n) is 4.28. The maximum Gasteiger partial charge on any atom is 0.328 e. The number of nitrogens with one attached hydrogen (secondary N) is 2. The molecule has 0 aromatic heterocycles. The number of aryl methyl sites for hydroxylation is 1. The Labute approximate surface area is 230 Å². The zero-order chi connectivity index (χ0) is 27.5. The second kappa shape index (κ2) is 13.8. The van der Waals surface area contributed by atoms with E-state index < -0.39 is 12.0 Å². The van der Waals surface area contributed by atoms with Gasteiger partial charge in [0, 0.05) is 35.5 Å². The van der Waals surface area contributed by atoms with Crippen molar-refractivity contribution in [3.05, 3.63) is 125 Å². The van der Waals surface area contributed by atoms with E-state index in [0.717, 1.165) is 30.0 Å². The predicted octanol–water partition coefficient (Wildman–Crippen LogP) is 6.30. The van der Waals surface area contributed by atoms with Gasteiger partial charge >= 0.3 is 5.97 Å². The van der Waals surface area contributed by atoms with Gasteiger partial charge in [-0.15, -0.1) is 0 Å². The van der Waals surface area contributed by atoms with E-state index in [-0.39, 0.29) is 5.78 Å². The minimum absolute atomic E-state index is 0.113. The molecule has 4 rings (SSSR count). The fraction of sp³-hybridized carbons (Fsp3) is 0.212. The van der Waals surface area contributed by atoms with Crippen molar-refractivity contribution < 1.29 is 19.1 Å². The smallest absolute Gasteiger partial charge is 0.328 e. The summed E-state index contributed by atoms with van der Waals surface area (Å²) in [6.45, 7) is 3.49. The molecule has 0 fully saturated rings. The van der Waals surface area contributed by atoms with Crippen LogP contribution in [-0.2, 0) is 16.0 Å². The number of hydrogen-bond acceptors (Lipinski definition) is 6. The van der Waals surface area contributed by atoms with Gasteiger partial charge in [-0.1, -0.05) is 66.7 Å². The number of para-hydroxylation sites is 1. The Bertz CT molecular complexity index is 1370. The van der Waals surface area contributed by atoms with E-state index >= 15 is 0 Å². The number of ketones is 1. The molecule has 4 aromatic rings. The van der Waals surface area contributed by atoms with Crippen molar-refractivity contribution in [1.29, 1.82) is 0 Å². The van der Waals surface area contributed by atoms with Gasteiger partial charge in [-0.25, -0.2) is 4.79 Å². The van der Waals surface area contributed by atoms with Crippen molar-refractivity contribution in [3.8, 4) is 5.75 Å². The van der Waals surface area contributed by atoms with Crippen LogP contribution in [0.2, 0.25) is 0 Å². The number of methoxy groups -OCH3 is 1. The minimum Gasteiger partial charge on any atom is -0.494 e. The van der Waals surface area contributed by atoms with E-state index in [9.17, 15) is 9.59 Å². The Balaban J connectivity index is 1.34. The molecule has 6 nitrogen and oxygen atoms in total. The predicted molar refractivity (Wildman–Crippen MR) is 156 cm³/mol. The highest BCUT2D eigenvalue weighted by atomic mass is 16.5. The van der Waals surface area contributed by atoms with E-state index in [4.69, 9.17) is 9.47 Å². The average molecular weight is 523 g/mol. The first-order valence-corrected chi connectivity index (χ1v) is 13.1. The average Bonchev–Trinajstić information content (AvgIpc) is 2.97. The molecule has 0 amide bonds. The summed E-state index contributed by atoms with van der Waals surface area (Å²) in [5.41, 5.74) is 4.95. The number of ether oxygens (including phenoxy) is 2. The van der Waals surface area contributed by atoms with Crippen molar-refractivity contribution in [2.75, 3.05) is 30.9 Å². The molecule has 0 aliphatic carbocycles. The first-order valence-electron chi connectivity index (χ1n) is 13.1. The standard InChI is InChI=1S/C33H34N2O4/c1-24-10-8-13-27(22-24)34-20-9-21-39-28-18-16-25(17-19-28)23-31(33(37)38-2)35-30-15-7-6-14-29(30)32(36)26-11-4-3-5-12-26/h3-8,10-19,22,31,34-35H,9,20-21,23H2,1-2H3/t31-/m0/s1. The molecule has 4 aromatic carbocycles. The molecule has 39 heavy (non-hydrogen) atoms. The van der Waals surface area contributed by atoms with Gasteiger partial charge in [-0.05, 0) is 60.9 Å². The first-order chi connectivity index (χ1) is 19.0. The molecular formula is C33H34N2O4. The molecule has 0 saturated heterocycles. The van der Waals surface area contributed by atoms with E-state index in [2.05, 4.69) is 35.8 Å². The number of carbonyl (C=O) groups is 2. The monoisotopic (exact) mass is 522 g/mol. The third-order valence-corrected chi connectivity index (χ3v) is 6.32. The van der Waals surface area contributed by atoms with Crippen LogP contribution in [0.5, 0.6) is 5.75 Å². The summed E-state index contributed by atoms with van der Waals surface area (Å²) in [7, 11) is 1.36. The third-order valence-electron chi connectivity index (χ3n) is 6.32. The van der Waals surface area contributed by atoms with Crippen LogP contribution in [0.4, 0.5) is 11.4 Å². The van der Waals surface area contributed by atoms with Crippen LogP contribution in [0, 0.1) is 6.92 Å². The lowest BCUT2D eigenvalue weighted by molar-refractivity contribution is -0.141. The number of benzene rings is 4. The topological polar surface area (TPSA) is 76.7 Å². The number of anilines is 2. The highest BCUT2D eigenvalue weighted by molar-refractivity contribution is 6.12. The first kappa shape index (κ1) is 27.5. The second-order valence-electron chi connectivity index (χ2n) is 9.31. The van der Waals surface area contributed by atoms with Crippen LogP contribution in [0.3, 0.4) is 0 Å². The number of rotatable bonds is 13. The maximum atomic E-state index is 13.1. The van der Waals surface area contributed by atoms with E-state index in [1.165, 1.54) is 12.7 Å². The van der Waals surface area contributed by atoms with Gasteiger partial charge in [0.25, 0.3) is 0 Å². The van der Waals surface area contributed by atoms with Gasteiger partial charge in [0.15, 0.2) is 5.78 Å². The molecule has 0 saturated carbocycles. The second-order valence-corrected chi connectivity index (χ2v) is 9.31. The lowest BCUT2D eigenvalue weighted by Crippen LogP contribution is -2.33. The zero-order valence-electron chi connectivity index (χ0n) is 22.4. The molecule has 1 atom stereocenters. The van der Waals surface area contributed by atoms with Gasteiger partial charge in [-0.3, -0.25) is 4.79 Å². The lowest BCUT2D eigenvalue weighted by atomic mass is 10.00. The van der Waals surface area contributed by atoms with Crippen molar-refractivity contribution in [3.63, 3.8) is 0 Å². The molecule has 0 bridgehead atoms. The van der Waals surface area contributed by atoms with Crippen LogP contribution in [0.1, 0.15) is 33.5 Å². The highest BCUT2D eigenvalue weighted by Crippen LogP contribution is 2.22. The largest absolute Gasteiger partial charge is 0.494 e. The fourth-order valence-corrected chi connectivity index (χ4v) is 4.28. The zero-order valence-corrected chi connectivity index (χ0v) is 22.4. The van der Waals surface area contributed by atoms with E-state index in [1.807, 2.05) is 60.7 Å². The van der Waals surface area contributed by atoms with Crippen LogP contribution in [-0.4, -0.2) is 38.1 Å². The molecular weight excluding hydrogens is 488 g/mol. The van der Waals surface area contributed by atoms with Crippen molar-refractivity contribution >= 4 is 23.1 Å². The van der Waals surface area contributed by atoms with Crippen LogP contribution >= 0.6 is 0 Å². The summed E-state index contributed by atoms with van der Waals surface area (Å²) in [5, 5.41) is 6.65. The molecule has 0 radical (unpaired) electrons. The van der Waals surface area contributed by atoms with Crippen LogP contribution in [0.25, 0.3) is 0 Å². The van der Waals surface area contributed by atoms with Gasteiger partial charge in [0.1, 0.15) is 11.8 Å². The molecule has 6 heteroatoms. The summed E-state index contributed by atoms with van der Waals surface area (Å²) in [5.74, 6) is 0.256. The Kier molecular flexibility index (Phi) is 9.73. The maximum absolute atomic E-state index is 13.1. The molecule has 0 aliphatic heterocycles. The molecule has 0 unspecified atom stereocenters. The highest BCUT2D eigenvalue weighted by Gasteiger charge is 2.22. The van der Waals surface area contributed by atoms with E-state index in [0.29, 0.717) is 29.8 Å². The Morgan fingerprint density at radius 3 is 2.33 bits per heavy atom. The number of hydrogen-bond donors (Lipinski definition) is 2. The molecule has 0 spiro atoms. The van der Waals surface area contributed by atoms with Crippen molar-refractivity contribution in [1.82, 2.24) is 0 Å². The Morgan fingerprint density at radius 1 is 0.846 bits per heavy atom. The molecule has 200 valence electrons. The van der Waals surface area contributed by atoms with E-state index in [1.54, 1.807) is 24.3 Å². The SMILES string of the molecule is COC(=O)[C@H](Cc1ccc(OCCCNc2cccc(C)c2)cc1)Nc1ccccc1C(=O)c1ccccc1. The summed E-state index contributed by atoms with van der Waals surface area (Å²) in [6.07, 6.45) is 1.26. The summed E-state index contributed by atoms with van der Waals surface area (Å²) >= 11 is 0. The Morgan fingerprint density at radius 2 is 1.59 bits per heavy atom. The molecule has 0 heterocycles. The number of esters is 1. The lowest BCUT2D eigenvalue weighted by Gasteiger charge is -2.20. The summed E-state index contributed by atoms with van der Waals surface area (Å²) in [4.78, 5) is 25.8. The van der Waals surface area contributed by atoms with Gasteiger partial charge in [0.05, 0.1) is 13.7 Å². The van der Waals surface area contributed by atoms with Crippen LogP contribution < -0.4 is 15.4 Å².